The van der Waals surface area contributed by atoms with Crippen molar-refractivity contribution in [2.75, 3.05) is 12.3 Å². The zero-order valence-electron chi connectivity index (χ0n) is 17.3. The molecule has 0 radical (unpaired) electrons. The fraction of sp³-hybridized carbons (Fsp3) is 0.160. The van der Waals surface area contributed by atoms with E-state index < -0.39 is 0 Å². The SMILES string of the molecule is O=C(N/N=C\c1ccc(Br)cc1)c1ccc([C@H]2SCC(=O)N2CCc2ccccc2)cc1. The summed E-state index contributed by atoms with van der Waals surface area (Å²) in [6.07, 6.45) is 2.42. The topological polar surface area (TPSA) is 61.8 Å². The Bertz CT molecular complexity index is 1100. The molecule has 1 N–H and O–H groups in total. The molecule has 1 aliphatic rings. The lowest BCUT2D eigenvalue weighted by atomic mass is 10.1. The zero-order chi connectivity index (χ0) is 22.3. The number of amides is 2. The van der Waals surface area contributed by atoms with Gasteiger partial charge in [0.15, 0.2) is 0 Å². The van der Waals surface area contributed by atoms with Crippen molar-refractivity contribution in [2.24, 2.45) is 5.10 Å². The van der Waals surface area contributed by atoms with Crippen molar-refractivity contribution in [1.29, 1.82) is 0 Å². The summed E-state index contributed by atoms with van der Waals surface area (Å²) < 4.78 is 0.986. The van der Waals surface area contributed by atoms with Gasteiger partial charge < -0.3 is 4.90 Å². The maximum atomic E-state index is 12.4. The number of rotatable bonds is 7. The third kappa shape index (κ3) is 5.66. The fourth-order valence-corrected chi connectivity index (χ4v) is 4.93. The van der Waals surface area contributed by atoms with E-state index in [0.717, 1.165) is 22.0 Å². The number of carbonyl (C=O) groups is 2. The van der Waals surface area contributed by atoms with Gasteiger partial charge in [-0.15, -0.1) is 11.8 Å². The summed E-state index contributed by atoms with van der Waals surface area (Å²) in [5.74, 6) is 0.355. The maximum Gasteiger partial charge on any atom is 0.271 e. The van der Waals surface area contributed by atoms with Gasteiger partial charge in [-0.25, -0.2) is 5.43 Å². The number of hydrogen-bond acceptors (Lipinski definition) is 4. The van der Waals surface area contributed by atoms with E-state index in [0.29, 0.717) is 17.9 Å². The van der Waals surface area contributed by atoms with Crippen molar-refractivity contribution < 1.29 is 9.59 Å². The fourth-order valence-electron chi connectivity index (χ4n) is 3.44. The molecule has 1 saturated heterocycles. The summed E-state index contributed by atoms with van der Waals surface area (Å²) in [5.41, 5.74) is 6.20. The van der Waals surface area contributed by atoms with Crippen LogP contribution >= 0.6 is 27.7 Å². The van der Waals surface area contributed by atoms with Crippen molar-refractivity contribution >= 4 is 45.7 Å². The van der Waals surface area contributed by atoms with Gasteiger partial charge in [-0.05, 0) is 47.4 Å². The third-order valence-electron chi connectivity index (χ3n) is 5.16. The summed E-state index contributed by atoms with van der Waals surface area (Å²) in [4.78, 5) is 26.8. The number of halogens is 1. The Hall–Kier alpha value is -2.90. The highest BCUT2D eigenvalue weighted by Crippen LogP contribution is 2.38. The minimum Gasteiger partial charge on any atom is -0.326 e. The second kappa shape index (κ2) is 10.6. The van der Waals surface area contributed by atoms with E-state index in [2.05, 4.69) is 38.6 Å². The molecular formula is C25H22BrN3O2S. The van der Waals surface area contributed by atoms with E-state index in [9.17, 15) is 9.59 Å². The molecule has 5 nitrogen and oxygen atoms in total. The average Bonchev–Trinajstić information content (AvgIpc) is 3.20. The van der Waals surface area contributed by atoms with E-state index in [1.807, 2.05) is 59.5 Å². The molecule has 0 aliphatic carbocycles. The molecule has 7 heteroatoms. The van der Waals surface area contributed by atoms with Crippen LogP contribution in [0.4, 0.5) is 0 Å². The lowest BCUT2D eigenvalue weighted by molar-refractivity contribution is -0.128. The first-order chi connectivity index (χ1) is 15.6. The van der Waals surface area contributed by atoms with Gasteiger partial charge in [-0.2, -0.15) is 5.10 Å². The molecule has 2 amide bonds. The number of benzene rings is 3. The Kier molecular flexibility index (Phi) is 7.39. The second-order valence-electron chi connectivity index (χ2n) is 7.36. The predicted molar refractivity (Wildman–Crippen MR) is 133 cm³/mol. The monoisotopic (exact) mass is 507 g/mol. The summed E-state index contributed by atoms with van der Waals surface area (Å²) in [6, 6.07) is 25.2. The van der Waals surface area contributed by atoms with Crippen LogP contribution in [0.25, 0.3) is 0 Å². The van der Waals surface area contributed by atoms with Gasteiger partial charge in [0, 0.05) is 16.6 Å². The van der Waals surface area contributed by atoms with E-state index in [4.69, 9.17) is 0 Å². The Morgan fingerprint density at radius 2 is 1.78 bits per heavy atom. The van der Waals surface area contributed by atoms with Gasteiger partial charge in [-0.3, -0.25) is 9.59 Å². The van der Waals surface area contributed by atoms with Crippen LogP contribution in [-0.4, -0.2) is 35.2 Å². The molecule has 0 spiro atoms. The number of hydrazone groups is 1. The molecule has 0 saturated carbocycles. The van der Waals surface area contributed by atoms with Crippen LogP contribution in [0.5, 0.6) is 0 Å². The van der Waals surface area contributed by atoms with Crippen LogP contribution in [0.2, 0.25) is 0 Å². The molecule has 0 aromatic heterocycles. The minimum atomic E-state index is -0.277. The van der Waals surface area contributed by atoms with Gasteiger partial charge in [0.25, 0.3) is 5.91 Å². The maximum absolute atomic E-state index is 12.4. The highest BCUT2D eigenvalue weighted by Gasteiger charge is 2.32. The van der Waals surface area contributed by atoms with Crippen molar-refractivity contribution in [3.8, 4) is 0 Å². The first-order valence-corrected chi connectivity index (χ1v) is 12.1. The van der Waals surface area contributed by atoms with Crippen LogP contribution < -0.4 is 5.43 Å². The van der Waals surface area contributed by atoms with Crippen LogP contribution in [0.1, 0.15) is 32.4 Å². The van der Waals surface area contributed by atoms with E-state index in [1.54, 1.807) is 30.1 Å². The Labute approximate surface area is 200 Å². The van der Waals surface area contributed by atoms with Crippen molar-refractivity contribution in [3.63, 3.8) is 0 Å². The van der Waals surface area contributed by atoms with Crippen molar-refractivity contribution in [2.45, 2.75) is 11.8 Å². The highest BCUT2D eigenvalue weighted by atomic mass is 79.9. The van der Waals surface area contributed by atoms with Gasteiger partial charge in [0.1, 0.15) is 5.37 Å². The van der Waals surface area contributed by atoms with Gasteiger partial charge in [0.05, 0.1) is 12.0 Å². The van der Waals surface area contributed by atoms with Crippen LogP contribution in [0.15, 0.2) is 88.4 Å². The largest absolute Gasteiger partial charge is 0.326 e. The summed E-state index contributed by atoms with van der Waals surface area (Å²) in [6.45, 7) is 0.674. The molecule has 3 aromatic rings. The molecule has 162 valence electrons. The summed E-state index contributed by atoms with van der Waals surface area (Å²) in [7, 11) is 0. The van der Waals surface area contributed by atoms with Crippen molar-refractivity contribution in [1.82, 2.24) is 10.3 Å². The number of thioether (sulfide) groups is 1. The second-order valence-corrected chi connectivity index (χ2v) is 9.34. The molecule has 1 aliphatic heterocycles. The molecule has 1 fully saturated rings. The summed E-state index contributed by atoms with van der Waals surface area (Å²) >= 11 is 5.01. The Morgan fingerprint density at radius 1 is 1.06 bits per heavy atom. The third-order valence-corrected chi connectivity index (χ3v) is 6.94. The number of carbonyl (C=O) groups excluding carboxylic acids is 2. The first-order valence-electron chi connectivity index (χ1n) is 10.2. The normalized spacial score (nSPS) is 16.0. The van der Waals surface area contributed by atoms with Crippen molar-refractivity contribution in [3.05, 3.63) is 106 Å². The molecular weight excluding hydrogens is 486 g/mol. The predicted octanol–water partition coefficient (Wildman–Crippen LogP) is 5.03. The molecule has 3 aromatic carbocycles. The average molecular weight is 508 g/mol. The smallest absolute Gasteiger partial charge is 0.271 e. The van der Waals surface area contributed by atoms with Crippen LogP contribution in [-0.2, 0) is 11.2 Å². The molecule has 1 atom stereocenters. The van der Waals surface area contributed by atoms with Gasteiger partial charge in [0.2, 0.25) is 5.91 Å². The number of hydrogen-bond donors (Lipinski definition) is 1. The lowest BCUT2D eigenvalue weighted by Gasteiger charge is -2.24. The zero-order valence-corrected chi connectivity index (χ0v) is 19.7. The van der Waals surface area contributed by atoms with E-state index >= 15 is 0 Å². The highest BCUT2D eigenvalue weighted by molar-refractivity contribution is 9.10. The Balaban J connectivity index is 1.36. The molecule has 0 unspecified atom stereocenters. The quantitative estimate of drug-likeness (QED) is 0.360. The standard InChI is InChI=1S/C25H22BrN3O2S/c26-22-12-6-19(7-13-22)16-27-28-24(31)20-8-10-21(11-9-20)25-29(23(30)17-32-25)15-14-18-4-2-1-3-5-18/h1-13,16,25H,14-15,17H2,(H,28,31)/b27-16-/t25-/m1/s1. The first kappa shape index (κ1) is 22.3. The molecule has 1 heterocycles. The van der Waals surface area contributed by atoms with Crippen LogP contribution in [0.3, 0.4) is 0 Å². The molecule has 32 heavy (non-hydrogen) atoms. The van der Waals surface area contributed by atoms with E-state index in [-0.39, 0.29) is 17.2 Å². The molecule has 0 bridgehead atoms. The van der Waals surface area contributed by atoms with E-state index in [1.165, 1.54) is 5.56 Å². The Morgan fingerprint density at radius 3 is 2.50 bits per heavy atom. The lowest BCUT2D eigenvalue weighted by Crippen LogP contribution is -2.30. The van der Waals surface area contributed by atoms with Gasteiger partial charge >= 0.3 is 0 Å². The van der Waals surface area contributed by atoms with Crippen LogP contribution in [0, 0.1) is 0 Å². The number of nitrogens with zero attached hydrogens (tertiary/aromatic N) is 2. The minimum absolute atomic E-state index is 0.0289. The number of nitrogens with one attached hydrogen (secondary N) is 1. The molecule has 4 rings (SSSR count). The summed E-state index contributed by atoms with van der Waals surface area (Å²) in [5, 5.41) is 4.00. The van der Waals surface area contributed by atoms with Gasteiger partial charge in [-0.1, -0.05) is 70.5 Å².